The first-order valence-electron chi connectivity index (χ1n) is 19.5. The lowest BCUT2D eigenvalue weighted by Crippen LogP contribution is -2.42. The summed E-state index contributed by atoms with van der Waals surface area (Å²) in [4.78, 5) is 31.8. The SMILES string of the molecule is Cc1cc(OCCCc2c3n(c4c(-c5c(C)nn(C)c5C)c(Cl)ccc24)C(C)CN(c2cn(CCN4CCCC4)c4ccc(C(=O)O)cc24)C3=O)cc(C)c1Cl. The number of rotatable bonds is 11. The number of aromatic carboxylic acids is 1. The molecule has 3 aromatic carbocycles. The Kier molecular flexibility index (Phi) is 10.2. The molecule has 3 aromatic heterocycles. The fraction of sp³-hybridized carbons (Fsp3) is 0.386. The van der Waals surface area contributed by atoms with Crippen molar-refractivity contribution in [2.24, 2.45) is 7.05 Å². The Bertz CT molecular complexity index is 2520. The largest absolute Gasteiger partial charge is 0.494 e. The van der Waals surface area contributed by atoms with Crippen LogP contribution in [0, 0.1) is 27.7 Å². The first kappa shape index (κ1) is 38.1. The number of carboxylic acids is 1. The van der Waals surface area contributed by atoms with Crippen LogP contribution in [0.5, 0.6) is 5.75 Å². The van der Waals surface area contributed by atoms with E-state index in [1.165, 1.54) is 12.8 Å². The van der Waals surface area contributed by atoms with Crippen LogP contribution >= 0.6 is 23.2 Å². The van der Waals surface area contributed by atoms with Crippen molar-refractivity contribution in [3.8, 4) is 16.9 Å². The summed E-state index contributed by atoms with van der Waals surface area (Å²) in [7, 11) is 1.93. The summed E-state index contributed by atoms with van der Waals surface area (Å²) in [5.74, 6) is -0.359. The molecule has 1 unspecified atom stereocenters. The molecule has 292 valence electrons. The molecular formula is C44H48Cl2N6O4. The molecule has 0 bridgehead atoms. The van der Waals surface area contributed by atoms with Gasteiger partial charge in [-0.05, 0) is 126 Å². The quantitative estimate of drug-likeness (QED) is 0.131. The lowest BCUT2D eigenvalue weighted by molar-refractivity contribution is 0.0696. The summed E-state index contributed by atoms with van der Waals surface area (Å²) in [6.45, 7) is 14.8. The van der Waals surface area contributed by atoms with E-state index >= 15 is 4.79 Å². The molecule has 10 nitrogen and oxygen atoms in total. The topological polar surface area (TPSA) is 97.8 Å². The summed E-state index contributed by atoms with van der Waals surface area (Å²) in [6.07, 6.45) is 5.70. The van der Waals surface area contributed by atoms with Crippen molar-refractivity contribution in [3.63, 3.8) is 0 Å². The molecular weight excluding hydrogens is 747 g/mol. The van der Waals surface area contributed by atoms with E-state index in [2.05, 4.69) is 21.0 Å². The average molecular weight is 796 g/mol. The summed E-state index contributed by atoms with van der Waals surface area (Å²) in [5.41, 5.74) is 9.94. The van der Waals surface area contributed by atoms with Crippen LogP contribution in [0.4, 0.5) is 5.69 Å². The number of likely N-dealkylation sites (tertiary alicyclic amines) is 1. The smallest absolute Gasteiger partial charge is 0.335 e. The molecule has 56 heavy (non-hydrogen) atoms. The van der Waals surface area contributed by atoms with Gasteiger partial charge in [-0.2, -0.15) is 5.10 Å². The fourth-order valence-electron chi connectivity index (χ4n) is 9.00. The molecule has 12 heteroatoms. The number of anilines is 1. The first-order valence-corrected chi connectivity index (χ1v) is 20.2. The molecule has 0 spiro atoms. The van der Waals surface area contributed by atoms with Crippen LogP contribution in [0.15, 0.2) is 48.7 Å². The minimum absolute atomic E-state index is 0.125. The zero-order valence-corrected chi connectivity index (χ0v) is 34.4. The van der Waals surface area contributed by atoms with E-state index in [1.54, 1.807) is 12.1 Å². The monoisotopic (exact) mass is 794 g/mol. The van der Waals surface area contributed by atoms with Gasteiger partial charge >= 0.3 is 5.97 Å². The van der Waals surface area contributed by atoms with Gasteiger partial charge in [-0.15, -0.1) is 0 Å². The number of aromatic nitrogens is 4. The minimum atomic E-state index is -1.00. The van der Waals surface area contributed by atoms with Crippen LogP contribution < -0.4 is 9.64 Å². The molecule has 8 rings (SSSR count). The van der Waals surface area contributed by atoms with Crippen molar-refractivity contribution in [3.05, 3.63) is 98.0 Å². The average Bonchev–Trinajstić information content (AvgIpc) is 3.94. The maximum absolute atomic E-state index is 15.3. The third kappa shape index (κ3) is 6.55. The van der Waals surface area contributed by atoms with Gasteiger partial charge in [0, 0.05) is 71.5 Å². The first-order chi connectivity index (χ1) is 26.8. The van der Waals surface area contributed by atoms with Crippen molar-refractivity contribution in [2.75, 3.05) is 37.7 Å². The van der Waals surface area contributed by atoms with Gasteiger partial charge in [0.2, 0.25) is 0 Å². The Hall–Kier alpha value is -4.77. The highest BCUT2D eigenvalue weighted by molar-refractivity contribution is 6.35. The number of amides is 1. The molecule has 2 aliphatic rings. The third-order valence-corrected chi connectivity index (χ3v) is 12.7. The van der Waals surface area contributed by atoms with Crippen LogP contribution in [0.2, 0.25) is 10.0 Å². The number of carboxylic acid groups (broad SMARTS) is 1. The number of aryl methyl sites for hydroxylation is 5. The van der Waals surface area contributed by atoms with Gasteiger partial charge in [0.1, 0.15) is 11.4 Å². The second-order valence-corrected chi connectivity index (χ2v) is 16.4. The van der Waals surface area contributed by atoms with Crippen LogP contribution in [0.1, 0.15) is 81.2 Å². The van der Waals surface area contributed by atoms with E-state index in [0.717, 1.165) is 104 Å². The van der Waals surface area contributed by atoms with E-state index in [9.17, 15) is 9.90 Å². The number of halogens is 2. The molecule has 1 fully saturated rings. The molecule has 0 radical (unpaired) electrons. The number of nitrogens with zero attached hydrogens (tertiary/aromatic N) is 6. The highest BCUT2D eigenvalue weighted by Crippen LogP contribution is 2.46. The van der Waals surface area contributed by atoms with E-state index in [1.807, 2.05) is 80.9 Å². The number of carbonyl (C=O) groups excluding carboxylic acids is 1. The molecule has 1 N–H and O–H groups in total. The molecule has 1 saturated heterocycles. The number of carbonyl (C=O) groups is 2. The van der Waals surface area contributed by atoms with E-state index in [0.29, 0.717) is 36.7 Å². The van der Waals surface area contributed by atoms with Gasteiger partial charge in [-0.25, -0.2) is 4.79 Å². The lowest BCUT2D eigenvalue weighted by Gasteiger charge is -2.34. The normalized spacial score (nSPS) is 16.1. The van der Waals surface area contributed by atoms with Crippen molar-refractivity contribution < 1.29 is 19.4 Å². The maximum Gasteiger partial charge on any atom is 0.335 e. The van der Waals surface area contributed by atoms with Gasteiger partial charge in [-0.3, -0.25) is 9.48 Å². The van der Waals surface area contributed by atoms with E-state index < -0.39 is 5.97 Å². The zero-order chi connectivity index (χ0) is 39.6. The molecule has 6 aromatic rings. The molecule has 0 aliphatic carbocycles. The Morgan fingerprint density at radius 1 is 0.964 bits per heavy atom. The highest BCUT2D eigenvalue weighted by Gasteiger charge is 2.38. The maximum atomic E-state index is 15.3. The Labute approximate surface area is 337 Å². The van der Waals surface area contributed by atoms with Crippen molar-refractivity contribution >= 4 is 62.6 Å². The van der Waals surface area contributed by atoms with Crippen molar-refractivity contribution in [1.29, 1.82) is 0 Å². The Morgan fingerprint density at radius 3 is 2.38 bits per heavy atom. The van der Waals surface area contributed by atoms with Crippen molar-refractivity contribution in [1.82, 2.24) is 23.8 Å². The van der Waals surface area contributed by atoms with Gasteiger partial charge in [0.15, 0.2) is 0 Å². The Morgan fingerprint density at radius 2 is 1.70 bits per heavy atom. The second-order valence-electron chi connectivity index (χ2n) is 15.6. The van der Waals surface area contributed by atoms with E-state index in [4.69, 9.17) is 33.0 Å². The summed E-state index contributed by atoms with van der Waals surface area (Å²) < 4.78 is 12.5. The number of ether oxygens (including phenoxy) is 1. The molecule has 1 amide bonds. The van der Waals surface area contributed by atoms with Gasteiger partial charge in [0.25, 0.3) is 5.91 Å². The third-order valence-electron chi connectivity index (χ3n) is 11.8. The van der Waals surface area contributed by atoms with Crippen LogP contribution in [0.25, 0.3) is 32.9 Å². The second kappa shape index (κ2) is 15.0. The predicted molar refractivity (Wildman–Crippen MR) is 224 cm³/mol. The van der Waals surface area contributed by atoms with Crippen LogP contribution in [-0.2, 0) is 20.0 Å². The number of hydrogen-bond acceptors (Lipinski definition) is 5. The highest BCUT2D eigenvalue weighted by atomic mass is 35.5. The minimum Gasteiger partial charge on any atom is -0.494 e. The van der Waals surface area contributed by atoms with Crippen LogP contribution in [-0.4, -0.2) is 73.6 Å². The van der Waals surface area contributed by atoms with Gasteiger partial charge in [-0.1, -0.05) is 29.3 Å². The van der Waals surface area contributed by atoms with Gasteiger partial charge in [0.05, 0.1) is 39.6 Å². The van der Waals surface area contributed by atoms with E-state index in [-0.39, 0.29) is 17.5 Å². The Balaban J connectivity index is 1.25. The lowest BCUT2D eigenvalue weighted by atomic mass is 9.98. The fourth-order valence-corrected chi connectivity index (χ4v) is 9.36. The molecule has 1 atom stereocenters. The summed E-state index contributed by atoms with van der Waals surface area (Å²) in [5, 5.41) is 17.8. The summed E-state index contributed by atoms with van der Waals surface area (Å²) in [6, 6.07) is 13.0. The van der Waals surface area contributed by atoms with Crippen molar-refractivity contribution in [2.45, 2.75) is 72.9 Å². The predicted octanol–water partition coefficient (Wildman–Crippen LogP) is 9.56. The standard InChI is InChI=1S/C44H48Cl2N6O4/c1-25-20-31(21-26(2)40(25)46)56-19-9-10-32-33-12-13-35(45)39(38-28(4)47-48(6)29(38)5)41(33)52-27(3)23-51(43(53)42(32)52)37-24-50(18-17-49-15-7-8-16-49)36-14-11-30(44(54)55)22-34(36)37/h11-14,20-22,24,27H,7-10,15-19,23H2,1-6H3,(H,54,55). The van der Waals surface area contributed by atoms with Gasteiger partial charge < -0.3 is 28.8 Å². The number of benzene rings is 3. The molecule has 0 saturated carbocycles. The number of fused-ring (bicyclic) bond motifs is 4. The number of hydrogen-bond donors (Lipinski definition) is 1. The molecule has 5 heterocycles. The molecule has 2 aliphatic heterocycles. The summed E-state index contributed by atoms with van der Waals surface area (Å²) >= 11 is 13.6. The zero-order valence-electron chi connectivity index (χ0n) is 32.9. The van der Waals surface area contributed by atoms with Crippen LogP contribution in [0.3, 0.4) is 0 Å².